The molecule has 0 bridgehead atoms. The van der Waals surface area contributed by atoms with Gasteiger partial charge in [0, 0.05) is 19.3 Å². The summed E-state index contributed by atoms with van der Waals surface area (Å²) in [5.41, 5.74) is 0. The molecule has 0 N–H and O–H groups in total. The maximum atomic E-state index is 12.9. The maximum absolute atomic E-state index is 12.9. The quantitative estimate of drug-likeness (QED) is 0.0261. The van der Waals surface area contributed by atoms with Crippen LogP contribution < -0.4 is 0 Å². The second-order valence-corrected chi connectivity index (χ2v) is 21.3. The van der Waals surface area contributed by atoms with Crippen LogP contribution >= 0.6 is 0 Å². The van der Waals surface area contributed by atoms with Gasteiger partial charge in [0.25, 0.3) is 0 Å². The van der Waals surface area contributed by atoms with Crippen LogP contribution in [0.1, 0.15) is 329 Å². The standard InChI is InChI=1S/C67H120O6/c1-4-7-10-13-16-19-22-25-28-31-32-33-34-37-39-42-45-48-51-54-57-60-66(69)72-63-64(73-67(70)61-58-55-52-49-46-43-40-36-30-27-24-21-18-15-12-9-6-3)62-71-65(68)59-56-53-50-47-44-41-38-35-29-26-23-20-17-14-11-8-5-2/h18,21,25-30,40,43,64H,4-17,19-20,22-24,31-39,41-42,44-63H2,1-3H3/b21-18-,28-25-,29-26-,30-27-,43-40-/t64-/m0/s1. The van der Waals surface area contributed by atoms with E-state index >= 15 is 0 Å². The van der Waals surface area contributed by atoms with E-state index in [4.69, 9.17) is 14.2 Å². The van der Waals surface area contributed by atoms with Gasteiger partial charge in [-0.05, 0) is 109 Å². The van der Waals surface area contributed by atoms with Gasteiger partial charge in [-0.1, -0.05) is 261 Å². The SMILES string of the molecule is CCCCC/C=C\C/C=C\C/C=C\CCCCCCC(=O)O[C@@H](COC(=O)CCCCCCCCC/C=C\CCCCCCCC)COC(=O)CCCCCCCCCCCCC/C=C\CCCCCCCC. The summed E-state index contributed by atoms with van der Waals surface area (Å²) in [5, 5.41) is 0. The molecule has 73 heavy (non-hydrogen) atoms. The summed E-state index contributed by atoms with van der Waals surface area (Å²) in [4.78, 5) is 38.3. The molecule has 0 heterocycles. The second kappa shape index (κ2) is 61.7. The van der Waals surface area contributed by atoms with Crippen LogP contribution in [0.3, 0.4) is 0 Å². The summed E-state index contributed by atoms with van der Waals surface area (Å²) in [7, 11) is 0. The van der Waals surface area contributed by atoms with Crippen molar-refractivity contribution in [2.75, 3.05) is 13.2 Å². The highest BCUT2D eigenvalue weighted by Crippen LogP contribution is 2.16. The molecule has 1 atom stereocenters. The Morgan fingerprint density at radius 1 is 0.274 bits per heavy atom. The van der Waals surface area contributed by atoms with Crippen LogP contribution in [0.4, 0.5) is 0 Å². The molecule has 0 aliphatic rings. The molecule has 0 rings (SSSR count). The number of hydrogen-bond acceptors (Lipinski definition) is 6. The van der Waals surface area contributed by atoms with Gasteiger partial charge in [0.15, 0.2) is 6.10 Å². The van der Waals surface area contributed by atoms with Gasteiger partial charge in [0.2, 0.25) is 0 Å². The lowest BCUT2D eigenvalue weighted by Gasteiger charge is -2.18. The topological polar surface area (TPSA) is 78.9 Å². The summed E-state index contributed by atoms with van der Waals surface area (Å²) in [6.45, 7) is 6.62. The molecule has 0 aromatic carbocycles. The minimum absolute atomic E-state index is 0.0833. The lowest BCUT2D eigenvalue weighted by molar-refractivity contribution is -0.167. The number of allylic oxidation sites excluding steroid dienone is 10. The molecule has 0 spiro atoms. The smallest absolute Gasteiger partial charge is 0.306 e. The largest absolute Gasteiger partial charge is 0.462 e. The van der Waals surface area contributed by atoms with Gasteiger partial charge >= 0.3 is 17.9 Å². The average Bonchev–Trinajstić information content (AvgIpc) is 3.39. The van der Waals surface area contributed by atoms with E-state index in [1.54, 1.807) is 0 Å². The molecule has 0 aliphatic heterocycles. The van der Waals surface area contributed by atoms with Crippen LogP contribution in [-0.4, -0.2) is 37.2 Å². The first-order valence-corrected chi connectivity index (χ1v) is 31.8. The number of hydrogen-bond donors (Lipinski definition) is 0. The summed E-state index contributed by atoms with van der Waals surface area (Å²) < 4.78 is 16.9. The molecule has 0 aliphatic carbocycles. The van der Waals surface area contributed by atoms with Crippen molar-refractivity contribution in [3.05, 3.63) is 60.8 Å². The number of ether oxygens (including phenoxy) is 3. The van der Waals surface area contributed by atoms with E-state index in [1.165, 1.54) is 205 Å². The summed E-state index contributed by atoms with van der Waals surface area (Å²) in [5.74, 6) is -0.894. The Morgan fingerprint density at radius 2 is 0.493 bits per heavy atom. The fraction of sp³-hybridized carbons (Fsp3) is 0.806. The van der Waals surface area contributed by atoms with Crippen LogP contribution in [0.2, 0.25) is 0 Å². The van der Waals surface area contributed by atoms with E-state index in [1.807, 2.05) is 0 Å². The lowest BCUT2D eigenvalue weighted by atomic mass is 10.0. The fourth-order valence-corrected chi connectivity index (χ4v) is 9.15. The van der Waals surface area contributed by atoms with E-state index in [-0.39, 0.29) is 31.1 Å². The van der Waals surface area contributed by atoms with Gasteiger partial charge in [-0.2, -0.15) is 0 Å². The highest BCUT2D eigenvalue weighted by Gasteiger charge is 2.19. The maximum Gasteiger partial charge on any atom is 0.306 e. The molecule has 6 nitrogen and oxygen atoms in total. The Bertz CT molecular complexity index is 1310. The van der Waals surface area contributed by atoms with E-state index in [0.29, 0.717) is 19.3 Å². The second-order valence-electron chi connectivity index (χ2n) is 21.3. The average molecular weight is 1020 g/mol. The van der Waals surface area contributed by atoms with Crippen molar-refractivity contribution in [3.8, 4) is 0 Å². The lowest BCUT2D eigenvalue weighted by Crippen LogP contribution is -2.30. The molecule has 424 valence electrons. The summed E-state index contributed by atoms with van der Waals surface area (Å²) in [6, 6.07) is 0. The highest BCUT2D eigenvalue weighted by atomic mass is 16.6. The molecule has 0 saturated heterocycles. The fourth-order valence-electron chi connectivity index (χ4n) is 9.15. The Hall–Kier alpha value is -2.89. The number of unbranched alkanes of at least 4 members (excludes halogenated alkanes) is 37. The molecule has 0 radical (unpaired) electrons. The van der Waals surface area contributed by atoms with E-state index in [0.717, 1.165) is 83.5 Å². The Labute approximate surface area is 453 Å². The van der Waals surface area contributed by atoms with Gasteiger partial charge in [0.05, 0.1) is 0 Å². The van der Waals surface area contributed by atoms with Gasteiger partial charge < -0.3 is 14.2 Å². The van der Waals surface area contributed by atoms with Crippen molar-refractivity contribution in [1.29, 1.82) is 0 Å². The first-order chi connectivity index (χ1) is 36.0. The molecular weight excluding hydrogens is 901 g/mol. The number of esters is 3. The third kappa shape index (κ3) is 59.9. The monoisotopic (exact) mass is 1020 g/mol. The first-order valence-electron chi connectivity index (χ1n) is 31.8. The predicted octanol–water partition coefficient (Wildman–Crippen LogP) is 21.6. The van der Waals surface area contributed by atoms with Crippen molar-refractivity contribution < 1.29 is 28.6 Å². The molecule has 0 amide bonds. The number of carbonyl (C=O) groups excluding carboxylic acids is 3. The van der Waals surface area contributed by atoms with E-state index in [2.05, 4.69) is 81.5 Å². The molecular formula is C67H120O6. The van der Waals surface area contributed by atoms with Crippen LogP contribution in [-0.2, 0) is 28.6 Å². The van der Waals surface area contributed by atoms with Gasteiger partial charge in [0.1, 0.15) is 13.2 Å². The zero-order valence-corrected chi connectivity index (χ0v) is 48.7. The van der Waals surface area contributed by atoms with Gasteiger partial charge in [-0.3, -0.25) is 14.4 Å². The Morgan fingerprint density at radius 3 is 0.808 bits per heavy atom. The van der Waals surface area contributed by atoms with Crippen molar-refractivity contribution >= 4 is 17.9 Å². The normalized spacial score (nSPS) is 12.4. The van der Waals surface area contributed by atoms with Gasteiger partial charge in [-0.15, -0.1) is 0 Å². The molecule has 0 unspecified atom stereocenters. The highest BCUT2D eigenvalue weighted by molar-refractivity contribution is 5.71. The molecule has 6 heteroatoms. The summed E-state index contributed by atoms with van der Waals surface area (Å²) >= 11 is 0. The zero-order valence-electron chi connectivity index (χ0n) is 48.7. The predicted molar refractivity (Wildman–Crippen MR) is 316 cm³/mol. The van der Waals surface area contributed by atoms with Crippen LogP contribution in [0.5, 0.6) is 0 Å². The van der Waals surface area contributed by atoms with Crippen LogP contribution in [0.25, 0.3) is 0 Å². The van der Waals surface area contributed by atoms with Crippen molar-refractivity contribution in [2.45, 2.75) is 335 Å². The summed E-state index contributed by atoms with van der Waals surface area (Å²) in [6.07, 6.45) is 77.9. The van der Waals surface area contributed by atoms with Crippen LogP contribution in [0, 0.1) is 0 Å². The molecule has 0 aromatic heterocycles. The van der Waals surface area contributed by atoms with Gasteiger partial charge in [-0.25, -0.2) is 0 Å². The third-order valence-corrected chi connectivity index (χ3v) is 14.0. The first kappa shape index (κ1) is 70.1. The minimum Gasteiger partial charge on any atom is -0.462 e. The Kier molecular flexibility index (Phi) is 59.2. The van der Waals surface area contributed by atoms with E-state index in [9.17, 15) is 14.4 Å². The third-order valence-electron chi connectivity index (χ3n) is 14.0. The van der Waals surface area contributed by atoms with Crippen molar-refractivity contribution in [2.24, 2.45) is 0 Å². The Balaban J connectivity index is 4.38. The number of carbonyl (C=O) groups is 3. The molecule has 0 aromatic rings. The van der Waals surface area contributed by atoms with E-state index < -0.39 is 6.10 Å². The molecule has 0 fully saturated rings. The van der Waals surface area contributed by atoms with Crippen molar-refractivity contribution in [3.63, 3.8) is 0 Å². The zero-order chi connectivity index (χ0) is 52.9. The number of rotatable bonds is 58. The van der Waals surface area contributed by atoms with Crippen LogP contribution in [0.15, 0.2) is 60.8 Å². The molecule has 0 saturated carbocycles. The minimum atomic E-state index is -0.789. The van der Waals surface area contributed by atoms with Crippen molar-refractivity contribution in [1.82, 2.24) is 0 Å².